The molecule has 1 saturated heterocycles. The summed E-state index contributed by atoms with van der Waals surface area (Å²) >= 11 is 0. The predicted octanol–water partition coefficient (Wildman–Crippen LogP) is 10.1. The average Bonchev–Trinajstić information content (AvgIpc) is 3.21. The number of allylic oxidation sites excluding steroid dienone is 5. The van der Waals surface area contributed by atoms with Gasteiger partial charge in [-0.15, -0.1) is 0 Å². The van der Waals surface area contributed by atoms with Crippen LogP contribution in [0.5, 0.6) is 0 Å². The Hall–Kier alpha value is -1.59. The van der Waals surface area contributed by atoms with Gasteiger partial charge in [-0.05, 0) is 44.9 Å². The second kappa shape index (κ2) is 38.6. The van der Waals surface area contributed by atoms with Crippen molar-refractivity contribution >= 4 is 5.91 Å². The van der Waals surface area contributed by atoms with Crippen molar-refractivity contribution in [3.63, 3.8) is 0 Å². The Labute approximate surface area is 349 Å². The van der Waals surface area contributed by atoms with Crippen molar-refractivity contribution in [2.75, 3.05) is 13.2 Å². The number of carbonyl (C=O) groups is 1. The lowest BCUT2D eigenvalue weighted by atomic mass is 9.99. The zero-order chi connectivity index (χ0) is 41.6. The van der Waals surface area contributed by atoms with Gasteiger partial charge in [-0.1, -0.05) is 192 Å². The Kier molecular flexibility index (Phi) is 36.2. The second-order valence-corrected chi connectivity index (χ2v) is 16.5. The van der Waals surface area contributed by atoms with Gasteiger partial charge >= 0.3 is 0 Å². The quantitative estimate of drug-likeness (QED) is 0.0266. The number of rotatable bonds is 39. The molecule has 0 radical (unpaired) electrons. The lowest BCUT2D eigenvalue weighted by Gasteiger charge is -2.40. The summed E-state index contributed by atoms with van der Waals surface area (Å²) in [6.07, 6.45) is 40.5. The van der Waals surface area contributed by atoms with Crippen molar-refractivity contribution in [2.45, 2.75) is 249 Å². The van der Waals surface area contributed by atoms with E-state index in [-0.39, 0.29) is 12.5 Å². The highest BCUT2D eigenvalue weighted by atomic mass is 16.7. The first-order valence-electron chi connectivity index (χ1n) is 23.7. The normalized spacial score (nSPS) is 21.3. The summed E-state index contributed by atoms with van der Waals surface area (Å²) in [6, 6.07) is -0.824. The maximum atomic E-state index is 12.9. The average molecular weight is 808 g/mol. The van der Waals surface area contributed by atoms with Crippen LogP contribution in [0.15, 0.2) is 36.5 Å². The highest BCUT2D eigenvalue weighted by Gasteiger charge is 2.44. The molecule has 57 heavy (non-hydrogen) atoms. The van der Waals surface area contributed by atoms with Gasteiger partial charge in [-0.25, -0.2) is 0 Å². The van der Waals surface area contributed by atoms with Crippen LogP contribution in [-0.2, 0) is 14.3 Å². The second-order valence-electron chi connectivity index (χ2n) is 16.5. The molecule has 1 aliphatic rings. The van der Waals surface area contributed by atoms with Gasteiger partial charge < -0.3 is 40.3 Å². The fourth-order valence-corrected chi connectivity index (χ4v) is 7.36. The van der Waals surface area contributed by atoms with Gasteiger partial charge in [-0.2, -0.15) is 0 Å². The number of ether oxygens (including phenoxy) is 2. The van der Waals surface area contributed by atoms with Crippen LogP contribution in [0, 0.1) is 0 Å². The summed E-state index contributed by atoms with van der Waals surface area (Å²) < 4.78 is 11.2. The standard InChI is InChI=1S/C48H89NO8/c1-3-5-7-9-11-13-15-17-18-19-20-21-22-23-24-26-27-29-31-33-35-37-42(51)41(40-56-48-47(55)46(54)45(53)43(39-50)57-48)49-44(52)38-36-34-32-30-28-25-16-14-12-10-8-6-4-2/h22-23,27,29,35,37,41-43,45-48,50-51,53-55H,3-21,24-26,28,30-34,36,38-40H2,1-2H3,(H,49,52)/b23-22+,29-27+,37-35+. The molecule has 9 heteroatoms. The molecule has 0 aromatic carbocycles. The third-order valence-corrected chi connectivity index (χ3v) is 11.2. The van der Waals surface area contributed by atoms with Gasteiger partial charge in [0, 0.05) is 6.42 Å². The smallest absolute Gasteiger partial charge is 0.220 e. The maximum absolute atomic E-state index is 12.9. The van der Waals surface area contributed by atoms with E-state index < -0.39 is 49.5 Å². The molecule has 1 fully saturated rings. The van der Waals surface area contributed by atoms with Crippen LogP contribution in [0.1, 0.15) is 206 Å². The van der Waals surface area contributed by atoms with E-state index in [9.17, 15) is 30.3 Å². The van der Waals surface area contributed by atoms with Crippen LogP contribution in [0.25, 0.3) is 0 Å². The molecule has 7 unspecified atom stereocenters. The molecule has 7 atom stereocenters. The van der Waals surface area contributed by atoms with E-state index in [0.29, 0.717) is 6.42 Å². The minimum absolute atomic E-state index is 0.191. The molecule has 0 bridgehead atoms. The fourth-order valence-electron chi connectivity index (χ4n) is 7.36. The van der Waals surface area contributed by atoms with Crippen LogP contribution in [-0.4, -0.2) is 87.5 Å². The molecule has 0 saturated carbocycles. The third kappa shape index (κ3) is 29.3. The van der Waals surface area contributed by atoms with Crippen LogP contribution >= 0.6 is 0 Å². The number of amides is 1. The number of hydrogen-bond acceptors (Lipinski definition) is 8. The first kappa shape index (κ1) is 53.4. The molecule has 1 amide bonds. The van der Waals surface area contributed by atoms with E-state index in [1.165, 1.54) is 141 Å². The van der Waals surface area contributed by atoms with Crippen LogP contribution in [0.2, 0.25) is 0 Å². The molecule has 0 aromatic rings. The number of aliphatic hydroxyl groups excluding tert-OH is 5. The molecular weight excluding hydrogens is 719 g/mol. The van der Waals surface area contributed by atoms with Gasteiger partial charge in [0.05, 0.1) is 25.4 Å². The van der Waals surface area contributed by atoms with Crippen molar-refractivity contribution in [3.05, 3.63) is 36.5 Å². The first-order chi connectivity index (χ1) is 27.8. The molecule has 334 valence electrons. The molecule has 1 aliphatic heterocycles. The van der Waals surface area contributed by atoms with Gasteiger partial charge in [0.1, 0.15) is 24.4 Å². The van der Waals surface area contributed by atoms with Crippen molar-refractivity contribution in [1.82, 2.24) is 5.32 Å². The number of nitrogens with one attached hydrogen (secondary N) is 1. The van der Waals surface area contributed by atoms with Crippen LogP contribution < -0.4 is 5.32 Å². The molecule has 1 heterocycles. The number of carbonyl (C=O) groups excluding carboxylic acids is 1. The molecule has 0 aliphatic carbocycles. The molecular formula is C48H89NO8. The van der Waals surface area contributed by atoms with Crippen molar-refractivity contribution in [3.8, 4) is 0 Å². The predicted molar refractivity (Wildman–Crippen MR) is 235 cm³/mol. The topological polar surface area (TPSA) is 149 Å². The highest BCUT2D eigenvalue weighted by Crippen LogP contribution is 2.22. The summed E-state index contributed by atoms with van der Waals surface area (Å²) in [5.74, 6) is -0.191. The Morgan fingerprint density at radius 2 is 1.00 bits per heavy atom. The monoisotopic (exact) mass is 808 g/mol. The van der Waals surface area contributed by atoms with E-state index in [2.05, 4.69) is 43.5 Å². The fraction of sp³-hybridized carbons (Fsp3) is 0.854. The summed E-state index contributed by atoms with van der Waals surface area (Å²) in [5.41, 5.74) is 0. The lowest BCUT2D eigenvalue weighted by Crippen LogP contribution is -2.60. The third-order valence-electron chi connectivity index (χ3n) is 11.2. The van der Waals surface area contributed by atoms with Crippen molar-refractivity contribution in [1.29, 1.82) is 0 Å². The zero-order valence-corrected chi connectivity index (χ0v) is 36.6. The number of aliphatic hydroxyl groups is 5. The summed E-state index contributed by atoms with van der Waals surface area (Å²) in [6.45, 7) is 3.75. The molecule has 0 spiro atoms. The summed E-state index contributed by atoms with van der Waals surface area (Å²) in [7, 11) is 0. The Bertz CT molecular complexity index is 987. The number of unbranched alkanes of at least 4 members (excludes halogenated alkanes) is 25. The summed E-state index contributed by atoms with van der Waals surface area (Å²) in [5, 5.41) is 54.2. The summed E-state index contributed by atoms with van der Waals surface area (Å²) in [4.78, 5) is 12.9. The van der Waals surface area contributed by atoms with Gasteiger partial charge in [0.15, 0.2) is 6.29 Å². The van der Waals surface area contributed by atoms with E-state index >= 15 is 0 Å². The lowest BCUT2D eigenvalue weighted by molar-refractivity contribution is -0.302. The van der Waals surface area contributed by atoms with Gasteiger partial charge in [0.25, 0.3) is 0 Å². The van der Waals surface area contributed by atoms with Crippen LogP contribution in [0.3, 0.4) is 0 Å². The van der Waals surface area contributed by atoms with Crippen LogP contribution in [0.4, 0.5) is 0 Å². The minimum Gasteiger partial charge on any atom is -0.394 e. The SMILES string of the molecule is CCCCCCCCCCCCC/C=C/CC/C=C/CC/C=C/C(O)C(COC1OC(CO)C(O)C(O)C1O)NC(=O)CCCCCCCCCCCCCCC. The minimum atomic E-state index is -1.57. The van der Waals surface area contributed by atoms with Crippen molar-refractivity contribution in [2.24, 2.45) is 0 Å². The van der Waals surface area contributed by atoms with Crippen molar-refractivity contribution < 1.29 is 39.8 Å². The maximum Gasteiger partial charge on any atom is 0.220 e. The molecule has 9 nitrogen and oxygen atoms in total. The highest BCUT2D eigenvalue weighted by molar-refractivity contribution is 5.76. The Morgan fingerprint density at radius 3 is 1.47 bits per heavy atom. The largest absolute Gasteiger partial charge is 0.394 e. The number of hydrogen-bond donors (Lipinski definition) is 6. The van der Waals surface area contributed by atoms with E-state index in [4.69, 9.17) is 9.47 Å². The van der Waals surface area contributed by atoms with Gasteiger partial charge in [-0.3, -0.25) is 4.79 Å². The van der Waals surface area contributed by atoms with E-state index in [1.54, 1.807) is 6.08 Å². The Morgan fingerprint density at radius 1 is 0.579 bits per heavy atom. The van der Waals surface area contributed by atoms with E-state index in [1.807, 2.05) is 6.08 Å². The van der Waals surface area contributed by atoms with E-state index in [0.717, 1.165) is 44.9 Å². The Balaban J connectivity index is 2.37. The molecule has 0 aromatic heterocycles. The zero-order valence-electron chi connectivity index (χ0n) is 36.6. The molecule has 1 rings (SSSR count). The molecule has 6 N–H and O–H groups in total. The van der Waals surface area contributed by atoms with Gasteiger partial charge in [0.2, 0.25) is 5.91 Å². The first-order valence-corrected chi connectivity index (χ1v) is 23.7.